The Hall–Kier alpha value is -0.870. The topological polar surface area (TPSA) is 44.4 Å². The van der Waals surface area contributed by atoms with Gasteiger partial charge in [0, 0.05) is 26.2 Å². The average Bonchev–Trinajstić information content (AvgIpc) is 2.46. The van der Waals surface area contributed by atoms with Gasteiger partial charge >= 0.3 is 0 Å². The van der Waals surface area contributed by atoms with Crippen LogP contribution in [-0.2, 0) is 4.79 Å². The Bertz CT molecular complexity index is 250. The van der Waals surface area contributed by atoms with Crippen LogP contribution in [0.3, 0.4) is 0 Å². The summed E-state index contributed by atoms with van der Waals surface area (Å²) in [5, 5.41) is 6.23. The fraction of sp³-hybridized carbons (Fsp3) is 0.812. The van der Waals surface area contributed by atoms with Gasteiger partial charge in [-0.1, -0.05) is 39.7 Å². The molecule has 0 heterocycles. The normalized spacial score (nSPS) is 11.4. The van der Waals surface area contributed by atoms with E-state index in [0.717, 1.165) is 39.1 Å². The summed E-state index contributed by atoms with van der Waals surface area (Å²) in [7, 11) is 0. The molecule has 0 aliphatic heterocycles. The minimum Gasteiger partial charge on any atom is -0.351 e. The molecule has 4 heteroatoms. The molecule has 0 saturated carbocycles. The first-order valence-corrected chi connectivity index (χ1v) is 8.12. The molecule has 0 atom stereocenters. The maximum absolute atomic E-state index is 11.5. The van der Waals surface area contributed by atoms with Crippen molar-refractivity contribution in [2.75, 3.05) is 39.3 Å². The number of allylic oxidation sites excluding steroid dienone is 1. The van der Waals surface area contributed by atoms with E-state index in [9.17, 15) is 4.79 Å². The van der Waals surface area contributed by atoms with Crippen molar-refractivity contribution in [1.29, 1.82) is 0 Å². The van der Waals surface area contributed by atoms with Gasteiger partial charge in [0.15, 0.2) is 0 Å². The molecular formula is C16H33N3O. The standard InChI is InChI=1S/C16H33N3O/c1-4-7-8-9-10-11-16(20)18-13-12-17-14-15-19(5-2)6-3/h10-11,17H,4-9,12-15H2,1-3H3,(H,18,20)/b11-10+. The van der Waals surface area contributed by atoms with Crippen LogP contribution in [0.25, 0.3) is 0 Å². The van der Waals surface area contributed by atoms with E-state index in [4.69, 9.17) is 0 Å². The van der Waals surface area contributed by atoms with Gasteiger partial charge in [-0.25, -0.2) is 0 Å². The molecule has 2 N–H and O–H groups in total. The summed E-state index contributed by atoms with van der Waals surface area (Å²) >= 11 is 0. The summed E-state index contributed by atoms with van der Waals surface area (Å²) in [5.41, 5.74) is 0. The minimum absolute atomic E-state index is 0.0204. The van der Waals surface area contributed by atoms with Crippen molar-refractivity contribution >= 4 is 5.91 Å². The van der Waals surface area contributed by atoms with Crippen LogP contribution in [0.5, 0.6) is 0 Å². The molecule has 1 amide bonds. The number of carbonyl (C=O) groups excluding carboxylic acids is 1. The van der Waals surface area contributed by atoms with Gasteiger partial charge in [-0.2, -0.15) is 0 Å². The molecule has 0 bridgehead atoms. The molecule has 0 unspecified atom stereocenters. The molecule has 0 aliphatic rings. The maximum Gasteiger partial charge on any atom is 0.243 e. The van der Waals surface area contributed by atoms with E-state index in [1.165, 1.54) is 19.3 Å². The van der Waals surface area contributed by atoms with E-state index in [1.54, 1.807) is 6.08 Å². The number of hydrogen-bond donors (Lipinski definition) is 2. The molecule has 4 nitrogen and oxygen atoms in total. The number of amides is 1. The second-order valence-corrected chi connectivity index (χ2v) is 4.97. The van der Waals surface area contributed by atoms with Crippen LogP contribution in [0.2, 0.25) is 0 Å². The van der Waals surface area contributed by atoms with Gasteiger partial charge in [0.1, 0.15) is 0 Å². The van der Waals surface area contributed by atoms with Crippen molar-refractivity contribution in [3.05, 3.63) is 12.2 Å². The Labute approximate surface area is 125 Å². The minimum atomic E-state index is 0.0204. The summed E-state index contributed by atoms with van der Waals surface area (Å²) < 4.78 is 0. The first-order valence-electron chi connectivity index (χ1n) is 8.12. The van der Waals surface area contributed by atoms with Crippen molar-refractivity contribution in [3.8, 4) is 0 Å². The van der Waals surface area contributed by atoms with E-state index in [1.807, 2.05) is 6.08 Å². The summed E-state index contributed by atoms with van der Waals surface area (Å²) in [4.78, 5) is 13.9. The van der Waals surface area contributed by atoms with Gasteiger partial charge in [0.05, 0.1) is 0 Å². The van der Waals surface area contributed by atoms with Gasteiger partial charge in [-0.3, -0.25) is 4.79 Å². The lowest BCUT2D eigenvalue weighted by atomic mass is 10.2. The lowest BCUT2D eigenvalue weighted by molar-refractivity contribution is -0.116. The highest BCUT2D eigenvalue weighted by molar-refractivity contribution is 5.87. The molecule has 0 aromatic carbocycles. The number of nitrogens with one attached hydrogen (secondary N) is 2. The predicted octanol–water partition coefficient (Wildman–Crippen LogP) is 2.17. The lowest BCUT2D eigenvalue weighted by Gasteiger charge is -2.17. The van der Waals surface area contributed by atoms with Crippen molar-refractivity contribution in [2.24, 2.45) is 0 Å². The van der Waals surface area contributed by atoms with Crippen LogP contribution in [0.4, 0.5) is 0 Å². The molecule has 0 aromatic heterocycles. The highest BCUT2D eigenvalue weighted by Crippen LogP contribution is 1.99. The van der Waals surface area contributed by atoms with Crippen molar-refractivity contribution in [2.45, 2.75) is 46.5 Å². The number of likely N-dealkylation sites (N-methyl/N-ethyl adjacent to an activating group) is 1. The first kappa shape index (κ1) is 19.1. The van der Waals surface area contributed by atoms with Crippen LogP contribution < -0.4 is 10.6 Å². The molecular weight excluding hydrogens is 250 g/mol. The fourth-order valence-electron chi connectivity index (χ4n) is 1.94. The first-order chi connectivity index (χ1) is 9.74. The number of carbonyl (C=O) groups is 1. The largest absolute Gasteiger partial charge is 0.351 e. The molecule has 0 spiro atoms. The Kier molecular flexibility index (Phi) is 13.9. The van der Waals surface area contributed by atoms with E-state index < -0.39 is 0 Å². The van der Waals surface area contributed by atoms with E-state index in [-0.39, 0.29) is 5.91 Å². The van der Waals surface area contributed by atoms with Crippen LogP contribution in [0, 0.1) is 0 Å². The molecule has 20 heavy (non-hydrogen) atoms. The highest BCUT2D eigenvalue weighted by Gasteiger charge is 1.98. The van der Waals surface area contributed by atoms with Crippen LogP contribution in [0.1, 0.15) is 46.5 Å². The van der Waals surface area contributed by atoms with Crippen molar-refractivity contribution in [3.63, 3.8) is 0 Å². The van der Waals surface area contributed by atoms with Gasteiger partial charge in [0.25, 0.3) is 0 Å². The third-order valence-corrected chi connectivity index (χ3v) is 3.34. The summed E-state index contributed by atoms with van der Waals surface area (Å²) in [5.74, 6) is 0.0204. The molecule has 118 valence electrons. The Balaban J connectivity index is 3.39. The van der Waals surface area contributed by atoms with Crippen molar-refractivity contribution in [1.82, 2.24) is 15.5 Å². The van der Waals surface area contributed by atoms with E-state index in [2.05, 4.69) is 36.3 Å². The second kappa shape index (κ2) is 14.5. The molecule has 0 aromatic rings. The van der Waals surface area contributed by atoms with Crippen LogP contribution >= 0.6 is 0 Å². The zero-order valence-corrected chi connectivity index (χ0v) is 13.6. The van der Waals surface area contributed by atoms with Crippen LogP contribution in [0.15, 0.2) is 12.2 Å². The van der Waals surface area contributed by atoms with Gasteiger partial charge in [-0.05, 0) is 32.0 Å². The lowest BCUT2D eigenvalue weighted by Crippen LogP contribution is -2.36. The molecule has 0 rings (SSSR count). The molecule has 0 aliphatic carbocycles. The number of nitrogens with zero attached hydrogens (tertiary/aromatic N) is 1. The summed E-state index contributed by atoms with van der Waals surface area (Å²) in [6, 6.07) is 0. The van der Waals surface area contributed by atoms with Crippen molar-refractivity contribution < 1.29 is 4.79 Å². The van der Waals surface area contributed by atoms with E-state index in [0.29, 0.717) is 6.54 Å². The predicted molar refractivity (Wildman–Crippen MR) is 86.9 cm³/mol. The summed E-state index contributed by atoms with van der Waals surface area (Å²) in [6.45, 7) is 12.3. The average molecular weight is 283 g/mol. The van der Waals surface area contributed by atoms with Gasteiger partial charge in [-0.15, -0.1) is 0 Å². The summed E-state index contributed by atoms with van der Waals surface area (Å²) in [6.07, 6.45) is 8.27. The SMILES string of the molecule is CCCCC/C=C/C(=O)NCCNCCN(CC)CC. The maximum atomic E-state index is 11.5. The highest BCUT2D eigenvalue weighted by atomic mass is 16.1. The fourth-order valence-corrected chi connectivity index (χ4v) is 1.94. The van der Waals surface area contributed by atoms with E-state index >= 15 is 0 Å². The molecule has 0 fully saturated rings. The van der Waals surface area contributed by atoms with Crippen LogP contribution in [-0.4, -0.2) is 50.1 Å². The Morgan fingerprint density at radius 3 is 2.45 bits per heavy atom. The Morgan fingerprint density at radius 1 is 1.05 bits per heavy atom. The second-order valence-electron chi connectivity index (χ2n) is 4.97. The third-order valence-electron chi connectivity index (χ3n) is 3.34. The van der Waals surface area contributed by atoms with Gasteiger partial charge < -0.3 is 15.5 Å². The monoisotopic (exact) mass is 283 g/mol. The quantitative estimate of drug-likeness (QED) is 0.402. The zero-order valence-electron chi connectivity index (χ0n) is 13.6. The molecule has 0 radical (unpaired) electrons. The molecule has 0 saturated heterocycles. The third kappa shape index (κ3) is 12.2. The Morgan fingerprint density at radius 2 is 1.80 bits per heavy atom. The smallest absolute Gasteiger partial charge is 0.243 e. The number of rotatable bonds is 13. The number of hydrogen-bond acceptors (Lipinski definition) is 3. The van der Waals surface area contributed by atoms with Gasteiger partial charge in [0.2, 0.25) is 5.91 Å². The number of unbranched alkanes of at least 4 members (excludes halogenated alkanes) is 3. The zero-order chi connectivity index (χ0) is 15.1.